The Labute approximate surface area is 180 Å². The molecule has 0 aliphatic carbocycles. The molecule has 3 heterocycles. The van der Waals surface area contributed by atoms with Crippen LogP contribution in [0.1, 0.15) is 46.5 Å². The predicted molar refractivity (Wildman–Crippen MR) is 110 cm³/mol. The first-order valence-corrected chi connectivity index (χ1v) is 11.5. The molecule has 3 saturated heterocycles. The van der Waals surface area contributed by atoms with Crippen molar-refractivity contribution in [3.63, 3.8) is 0 Å². The molecule has 0 aromatic rings. The number of alkyl halides is 1. The van der Waals surface area contributed by atoms with Gasteiger partial charge in [-0.25, -0.2) is 0 Å². The third kappa shape index (κ3) is 3.81. The smallest absolute Gasteiger partial charge is 0.246 e. The van der Waals surface area contributed by atoms with Crippen molar-refractivity contribution in [3.8, 4) is 0 Å². The van der Waals surface area contributed by atoms with Gasteiger partial charge in [0.2, 0.25) is 17.7 Å². The molecule has 3 fully saturated rings. The highest BCUT2D eigenvalue weighted by Crippen LogP contribution is 2.59. The van der Waals surface area contributed by atoms with Crippen LogP contribution < -0.4 is 10.6 Å². The van der Waals surface area contributed by atoms with E-state index in [2.05, 4.69) is 26.6 Å². The number of aliphatic hydroxyl groups is 1. The molecular weight excluding hydrogens is 442 g/mol. The fraction of sp³-hybridized carbons (Fsp3) is 0.850. The molecule has 3 amide bonds. The van der Waals surface area contributed by atoms with Crippen LogP contribution >= 0.6 is 15.9 Å². The first kappa shape index (κ1) is 22.5. The quantitative estimate of drug-likeness (QED) is 0.334. The van der Waals surface area contributed by atoms with Crippen LogP contribution in [0.3, 0.4) is 0 Å². The van der Waals surface area contributed by atoms with Crippen molar-refractivity contribution in [2.75, 3.05) is 19.7 Å². The van der Waals surface area contributed by atoms with Crippen LogP contribution in [0.4, 0.5) is 0 Å². The van der Waals surface area contributed by atoms with E-state index in [-0.39, 0.29) is 35.2 Å². The fourth-order valence-electron chi connectivity index (χ4n) is 5.09. The average Bonchev–Trinajstić information content (AvgIpc) is 3.23. The molecule has 9 heteroatoms. The van der Waals surface area contributed by atoms with E-state index in [1.807, 2.05) is 20.8 Å². The second-order valence-electron chi connectivity index (χ2n) is 8.58. The van der Waals surface area contributed by atoms with Gasteiger partial charge in [-0.05, 0) is 39.5 Å². The Morgan fingerprint density at radius 1 is 1.34 bits per heavy atom. The summed E-state index contributed by atoms with van der Waals surface area (Å²) in [5.74, 6) is -1.87. The number of aliphatic hydroxyl groups excluding tert-OH is 1. The molecule has 8 nitrogen and oxygen atoms in total. The molecule has 3 N–H and O–H groups in total. The maximum atomic E-state index is 13.5. The summed E-state index contributed by atoms with van der Waals surface area (Å²) >= 11 is 3.64. The normalized spacial score (nSPS) is 35.3. The highest BCUT2D eigenvalue weighted by atomic mass is 79.9. The van der Waals surface area contributed by atoms with Crippen LogP contribution in [-0.4, -0.2) is 76.0 Å². The molecule has 164 valence electrons. The van der Waals surface area contributed by atoms with Gasteiger partial charge in [-0.1, -0.05) is 22.9 Å². The van der Waals surface area contributed by atoms with Crippen molar-refractivity contribution in [2.45, 2.75) is 75.1 Å². The Morgan fingerprint density at radius 2 is 2.07 bits per heavy atom. The molecule has 29 heavy (non-hydrogen) atoms. The summed E-state index contributed by atoms with van der Waals surface area (Å²) < 4.78 is 6.35. The standard InChI is InChI=1S/C20H32BrN3O5/c1-4-7-22-17(26)13-14-19(28)24(8-5-6-9-25)16(18(27)23-11(2)3)20(14)10-12(21)15(13)29-20/h11-16,25H,4-10H2,1-3H3,(H,22,26)(H,23,27)/t12?,13-,14+,15-,16?,20?/m1/s1. The Kier molecular flexibility index (Phi) is 6.90. The number of fused-ring (bicyclic) bond motifs is 1. The number of rotatable bonds is 9. The molecule has 2 bridgehead atoms. The van der Waals surface area contributed by atoms with Crippen molar-refractivity contribution in [1.82, 2.24) is 15.5 Å². The number of hydrogen-bond donors (Lipinski definition) is 3. The van der Waals surface area contributed by atoms with Crippen molar-refractivity contribution in [2.24, 2.45) is 11.8 Å². The van der Waals surface area contributed by atoms with Crippen LogP contribution in [0.15, 0.2) is 0 Å². The highest BCUT2D eigenvalue weighted by Gasteiger charge is 2.76. The number of halogens is 1. The largest absolute Gasteiger partial charge is 0.396 e. The van der Waals surface area contributed by atoms with Crippen LogP contribution in [0.5, 0.6) is 0 Å². The van der Waals surface area contributed by atoms with Gasteiger partial charge in [0.1, 0.15) is 11.6 Å². The Balaban J connectivity index is 1.95. The van der Waals surface area contributed by atoms with E-state index < -0.39 is 29.6 Å². The van der Waals surface area contributed by atoms with Crippen molar-refractivity contribution in [3.05, 3.63) is 0 Å². The van der Waals surface area contributed by atoms with E-state index in [1.54, 1.807) is 4.90 Å². The number of carbonyl (C=O) groups excluding carboxylic acids is 3. The van der Waals surface area contributed by atoms with Crippen molar-refractivity contribution >= 4 is 33.7 Å². The third-order valence-corrected chi connectivity index (χ3v) is 6.97. The summed E-state index contributed by atoms with van der Waals surface area (Å²) in [6.07, 6.45) is 2.03. The van der Waals surface area contributed by atoms with Gasteiger partial charge < -0.3 is 25.4 Å². The average molecular weight is 474 g/mol. The van der Waals surface area contributed by atoms with Crippen molar-refractivity contribution in [1.29, 1.82) is 0 Å². The molecule has 3 aliphatic heterocycles. The minimum absolute atomic E-state index is 0.0313. The lowest BCUT2D eigenvalue weighted by atomic mass is 9.70. The second-order valence-corrected chi connectivity index (χ2v) is 9.76. The molecular formula is C20H32BrN3O5. The van der Waals surface area contributed by atoms with Gasteiger partial charge in [-0.3, -0.25) is 14.4 Å². The van der Waals surface area contributed by atoms with E-state index >= 15 is 0 Å². The first-order chi connectivity index (χ1) is 13.8. The number of unbranched alkanes of at least 4 members (excludes halogenated alkanes) is 1. The highest BCUT2D eigenvalue weighted by molar-refractivity contribution is 9.09. The van der Waals surface area contributed by atoms with E-state index in [9.17, 15) is 14.4 Å². The van der Waals surface area contributed by atoms with Crippen LogP contribution in [0.25, 0.3) is 0 Å². The van der Waals surface area contributed by atoms with Crippen LogP contribution in [0.2, 0.25) is 0 Å². The summed E-state index contributed by atoms with van der Waals surface area (Å²) in [5, 5.41) is 15.0. The lowest BCUT2D eigenvalue weighted by Gasteiger charge is -2.34. The lowest BCUT2D eigenvalue weighted by Crippen LogP contribution is -2.57. The molecule has 1 spiro atoms. The number of likely N-dealkylation sites (tertiary alicyclic amines) is 1. The number of nitrogens with zero attached hydrogens (tertiary/aromatic N) is 1. The van der Waals surface area contributed by atoms with E-state index in [1.165, 1.54) is 0 Å². The van der Waals surface area contributed by atoms with Gasteiger partial charge >= 0.3 is 0 Å². The third-order valence-electron chi connectivity index (χ3n) is 6.13. The number of ether oxygens (including phenoxy) is 1. The molecule has 0 aromatic heterocycles. The zero-order valence-corrected chi connectivity index (χ0v) is 18.9. The summed E-state index contributed by atoms with van der Waals surface area (Å²) in [6.45, 7) is 6.66. The lowest BCUT2D eigenvalue weighted by molar-refractivity contribution is -0.142. The summed E-state index contributed by atoms with van der Waals surface area (Å²) in [5.41, 5.74) is -0.998. The summed E-state index contributed by atoms with van der Waals surface area (Å²) in [6, 6.07) is -0.843. The summed E-state index contributed by atoms with van der Waals surface area (Å²) in [4.78, 5) is 41.1. The number of carbonyl (C=O) groups is 3. The van der Waals surface area contributed by atoms with Gasteiger partial charge in [-0.2, -0.15) is 0 Å². The number of hydrogen-bond acceptors (Lipinski definition) is 5. The monoisotopic (exact) mass is 473 g/mol. The van der Waals surface area contributed by atoms with Gasteiger partial charge in [0.15, 0.2) is 0 Å². The minimum Gasteiger partial charge on any atom is -0.396 e. The molecule has 6 atom stereocenters. The summed E-state index contributed by atoms with van der Waals surface area (Å²) in [7, 11) is 0. The van der Waals surface area contributed by atoms with E-state index in [0.717, 1.165) is 6.42 Å². The van der Waals surface area contributed by atoms with E-state index in [4.69, 9.17) is 9.84 Å². The molecule has 3 rings (SSSR count). The molecule has 0 saturated carbocycles. The predicted octanol–water partition coefficient (Wildman–Crippen LogP) is 0.558. The van der Waals surface area contributed by atoms with E-state index in [0.29, 0.717) is 32.4 Å². The molecule has 0 aromatic carbocycles. The Morgan fingerprint density at radius 3 is 2.69 bits per heavy atom. The Bertz CT molecular complexity index is 660. The van der Waals surface area contributed by atoms with Crippen LogP contribution in [0, 0.1) is 11.8 Å². The molecule has 3 aliphatic rings. The topological polar surface area (TPSA) is 108 Å². The molecule has 3 unspecified atom stereocenters. The van der Waals surface area contributed by atoms with Crippen molar-refractivity contribution < 1.29 is 24.2 Å². The number of nitrogens with one attached hydrogen (secondary N) is 2. The first-order valence-electron chi connectivity index (χ1n) is 10.6. The van der Waals surface area contributed by atoms with Gasteiger partial charge in [0.25, 0.3) is 0 Å². The zero-order valence-electron chi connectivity index (χ0n) is 17.3. The maximum absolute atomic E-state index is 13.5. The van der Waals surface area contributed by atoms with Crippen LogP contribution in [-0.2, 0) is 19.1 Å². The minimum atomic E-state index is -0.998. The Hall–Kier alpha value is -1.19. The zero-order chi connectivity index (χ0) is 21.3. The molecule has 0 radical (unpaired) electrons. The second kappa shape index (κ2) is 8.89. The van der Waals surface area contributed by atoms with Gasteiger partial charge in [0, 0.05) is 30.6 Å². The van der Waals surface area contributed by atoms with Gasteiger partial charge in [-0.15, -0.1) is 0 Å². The number of amides is 3. The van der Waals surface area contributed by atoms with Gasteiger partial charge in [0.05, 0.1) is 17.9 Å². The SMILES string of the molecule is CCCNC(=O)[C@H]1[C@@H]2OC3(CC2Br)C(C(=O)NC(C)C)N(CCCCO)C(=O)[C@H]13. The fourth-order valence-corrected chi connectivity index (χ4v) is 6.04. The maximum Gasteiger partial charge on any atom is 0.246 e.